The van der Waals surface area contributed by atoms with E-state index in [4.69, 9.17) is 0 Å². The van der Waals surface area contributed by atoms with Gasteiger partial charge in [0.25, 0.3) is 11.5 Å². The Hall–Kier alpha value is -2.04. The lowest BCUT2D eigenvalue weighted by Gasteiger charge is -2.17. The van der Waals surface area contributed by atoms with Crippen LogP contribution in [0.5, 0.6) is 0 Å². The number of amides is 1. The van der Waals surface area contributed by atoms with Gasteiger partial charge in [-0.15, -0.1) is 13.2 Å². The summed E-state index contributed by atoms with van der Waals surface area (Å²) in [6.45, 7) is 7.94. The van der Waals surface area contributed by atoms with Crippen molar-refractivity contribution in [3.05, 3.63) is 47.4 Å². The van der Waals surface area contributed by atoms with Crippen molar-refractivity contribution in [2.24, 2.45) is 0 Å². The predicted octanol–water partition coefficient (Wildman–Crippen LogP) is 0.517. The van der Waals surface area contributed by atoms with Crippen molar-refractivity contribution in [3.63, 3.8) is 0 Å². The van der Waals surface area contributed by atoms with E-state index < -0.39 is 0 Å². The van der Waals surface area contributed by atoms with Gasteiger partial charge >= 0.3 is 0 Å². The fourth-order valence-electron chi connectivity index (χ4n) is 1.17. The van der Waals surface area contributed by atoms with Gasteiger partial charge in [-0.1, -0.05) is 12.2 Å². The zero-order chi connectivity index (χ0) is 11.3. The largest absolute Gasteiger partial charge is 0.330 e. The molecular weight excluding hydrogens is 194 g/mol. The Morgan fingerprint density at radius 3 is 2.33 bits per heavy atom. The molecule has 5 nitrogen and oxygen atoms in total. The number of carbonyl (C=O) groups excluding carboxylic acids is 1. The summed E-state index contributed by atoms with van der Waals surface area (Å²) < 4.78 is 0. The molecule has 15 heavy (non-hydrogen) atoms. The zero-order valence-corrected chi connectivity index (χ0v) is 8.32. The summed E-state index contributed by atoms with van der Waals surface area (Å²) in [5, 5.41) is 4.81. The molecule has 0 fully saturated rings. The predicted molar refractivity (Wildman–Crippen MR) is 57.7 cm³/mol. The fraction of sp³-hybridized carbons (Fsp3) is 0.200. The molecule has 0 spiro atoms. The topological polar surface area (TPSA) is 69.0 Å². The first-order chi connectivity index (χ1) is 7.19. The van der Waals surface area contributed by atoms with Gasteiger partial charge in [0.2, 0.25) is 0 Å². The minimum absolute atomic E-state index is 0.240. The van der Waals surface area contributed by atoms with Crippen molar-refractivity contribution < 1.29 is 4.79 Å². The number of hydrogen-bond donors (Lipinski definition) is 2. The van der Waals surface area contributed by atoms with Gasteiger partial charge in [-0.3, -0.25) is 19.8 Å². The molecule has 0 saturated carbocycles. The van der Waals surface area contributed by atoms with Crippen LogP contribution in [0.15, 0.2) is 36.2 Å². The molecule has 0 saturated heterocycles. The monoisotopic (exact) mass is 207 g/mol. The highest BCUT2D eigenvalue weighted by Gasteiger charge is 2.14. The number of hydrogen-bond acceptors (Lipinski definition) is 2. The second-order valence-corrected chi connectivity index (χ2v) is 2.96. The quantitative estimate of drug-likeness (QED) is 0.691. The van der Waals surface area contributed by atoms with Gasteiger partial charge in [0.05, 0.1) is 0 Å². The minimum Gasteiger partial charge on any atom is -0.330 e. The van der Waals surface area contributed by atoms with E-state index in [0.29, 0.717) is 13.1 Å². The average molecular weight is 207 g/mol. The van der Waals surface area contributed by atoms with E-state index in [1.165, 1.54) is 11.0 Å². The first-order valence-electron chi connectivity index (χ1n) is 4.47. The summed E-state index contributed by atoms with van der Waals surface area (Å²) in [7, 11) is 0. The number of aromatic nitrogens is 2. The van der Waals surface area contributed by atoms with Crippen LogP contribution in [0.1, 0.15) is 10.5 Å². The van der Waals surface area contributed by atoms with Gasteiger partial charge in [-0.25, -0.2) is 0 Å². The molecule has 1 rings (SSSR count). The summed E-state index contributed by atoms with van der Waals surface area (Å²) in [5.74, 6) is -0.256. The van der Waals surface area contributed by atoms with E-state index in [0.717, 1.165) is 0 Å². The molecule has 0 atom stereocenters. The fourth-order valence-corrected chi connectivity index (χ4v) is 1.17. The van der Waals surface area contributed by atoms with Gasteiger partial charge in [0.1, 0.15) is 5.69 Å². The SMILES string of the molecule is C=CCN(CC=C)C(=O)c1cc(=O)[nH][nH]1. The van der Waals surface area contributed by atoms with Crippen LogP contribution in [0.25, 0.3) is 0 Å². The number of nitrogens with zero attached hydrogens (tertiary/aromatic N) is 1. The second kappa shape index (κ2) is 4.99. The Morgan fingerprint density at radius 1 is 1.33 bits per heavy atom. The van der Waals surface area contributed by atoms with Gasteiger partial charge in [-0.05, 0) is 0 Å². The standard InChI is InChI=1S/C10H13N3O2/c1-3-5-13(6-4-2)10(15)8-7-9(14)12-11-8/h3-4,7H,1-2,5-6H2,(H2,11,12,14). The van der Waals surface area contributed by atoms with E-state index in [9.17, 15) is 9.59 Å². The first-order valence-corrected chi connectivity index (χ1v) is 4.47. The highest BCUT2D eigenvalue weighted by molar-refractivity contribution is 5.92. The third kappa shape index (κ3) is 2.70. The maximum atomic E-state index is 11.8. The summed E-state index contributed by atoms with van der Waals surface area (Å²) in [6.07, 6.45) is 3.23. The van der Waals surface area contributed by atoms with E-state index in [2.05, 4.69) is 23.4 Å². The Labute approximate surface area is 87.1 Å². The molecule has 0 unspecified atom stereocenters. The van der Waals surface area contributed by atoms with Crippen molar-refractivity contribution in [1.29, 1.82) is 0 Å². The molecule has 0 aliphatic heterocycles. The zero-order valence-electron chi connectivity index (χ0n) is 8.32. The number of nitrogens with one attached hydrogen (secondary N) is 2. The summed E-state index contributed by atoms with van der Waals surface area (Å²) in [6, 6.07) is 1.22. The van der Waals surface area contributed by atoms with Gasteiger partial charge in [-0.2, -0.15) is 0 Å². The Kier molecular flexibility index (Phi) is 3.68. The summed E-state index contributed by atoms with van der Waals surface area (Å²) >= 11 is 0. The number of rotatable bonds is 5. The number of carbonyl (C=O) groups is 1. The van der Waals surface area contributed by atoms with E-state index in [-0.39, 0.29) is 17.2 Å². The van der Waals surface area contributed by atoms with Crippen molar-refractivity contribution in [2.45, 2.75) is 0 Å². The van der Waals surface area contributed by atoms with Crippen LogP contribution in [-0.2, 0) is 0 Å². The van der Waals surface area contributed by atoms with Crippen LogP contribution < -0.4 is 5.56 Å². The van der Waals surface area contributed by atoms with E-state index >= 15 is 0 Å². The van der Waals surface area contributed by atoms with E-state index in [1.807, 2.05) is 0 Å². The Balaban J connectivity index is 2.84. The average Bonchev–Trinajstić information content (AvgIpc) is 2.63. The molecule has 0 aliphatic carbocycles. The van der Waals surface area contributed by atoms with Crippen LogP contribution in [0.4, 0.5) is 0 Å². The summed E-state index contributed by atoms with van der Waals surface area (Å²) in [4.78, 5) is 24.1. The van der Waals surface area contributed by atoms with Gasteiger partial charge < -0.3 is 4.90 Å². The molecule has 1 amide bonds. The lowest BCUT2D eigenvalue weighted by atomic mass is 10.3. The molecule has 5 heteroatoms. The minimum atomic E-state index is -0.324. The van der Waals surface area contributed by atoms with Crippen LogP contribution >= 0.6 is 0 Å². The number of H-pyrrole nitrogens is 2. The third-order valence-electron chi connectivity index (χ3n) is 1.81. The van der Waals surface area contributed by atoms with Crippen LogP contribution in [0, 0.1) is 0 Å². The van der Waals surface area contributed by atoms with Crippen LogP contribution in [0.3, 0.4) is 0 Å². The summed E-state index contributed by atoms with van der Waals surface area (Å²) in [5.41, 5.74) is -0.0841. The van der Waals surface area contributed by atoms with Crippen LogP contribution in [0.2, 0.25) is 0 Å². The highest BCUT2D eigenvalue weighted by Crippen LogP contribution is 1.99. The van der Waals surface area contributed by atoms with Crippen LogP contribution in [-0.4, -0.2) is 34.1 Å². The first kappa shape index (κ1) is 11.0. The second-order valence-electron chi connectivity index (χ2n) is 2.96. The molecule has 1 aromatic rings. The molecule has 0 bridgehead atoms. The van der Waals surface area contributed by atoms with Crippen molar-refractivity contribution in [2.75, 3.05) is 13.1 Å². The smallest absolute Gasteiger partial charge is 0.272 e. The van der Waals surface area contributed by atoms with Gasteiger partial charge in [0, 0.05) is 19.2 Å². The number of aromatic amines is 2. The third-order valence-corrected chi connectivity index (χ3v) is 1.81. The molecule has 0 radical (unpaired) electrons. The van der Waals surface area contributed by atoms with Crippen molar-refractivity contribution in [3.8, 4) is 0 Å². The molecule has 2 N–H and O–H groups in total. The molecular formula is C10H13N3O2. The lowest BCUT2D eigenvalue weighted by molar-refractivity contribution is 0.0785. The molecule has 0 aromatic carbocycles. The van der Waals surface area contributed by atoms with Gasteiger partial charge in [0.15, 0.2) is 0 Å². The lowest BCUT2D eigenvalue weighted by Crippen LogP contribution is -2.31. The highest BCUT2D eigenvalue weighted by atomic mass is 16.2. The Bertz CT molecular complexity index is 406. The van der Waals surface area contributed by atoms with E-state index in [1.54, 1.807) is 12.2 Å². The van der Waals surface area contributed by atoms with Crippen molar-refractivity contribution >= 4 is 5.91 Å². The maximum Gasteiger partial charge on any atom is 0.272 e. The maximum absolute atomic E-state index is 11.8. The molecule has 0 aliphatic rings. The van der Waals surface area contributed by atoms with Crippen molar-refractivity contribution in [1.82, 2.24) is 15.1 Å². The Morgan fingerprint density at radius 2 is 1.93 bits per heavy atom. The molecule has 80 valence electrons. The molecule has 1 heterocycles. The molecule has 1 aromatic heterocycles. The normalized spacial score (nSPS) is 9.60.